The van der Waals surface area contributed by atoms with Gasteiger partial charge in [-0.2, -0.15) is 13.2 Å². The van der Waals surface area contributed by atoms with Gasteiger partial charge in [-0.05, 0) is 54.1 Å². The normalized spacial score (nSPS) is 15.3. The van der Waals surface area contributed by atoms with E-state index in [1.807, 2.05) is 0 Å². The Hall–Kier alpha value is -3.22. The van der Waals surface area contributed by atoms with Crippen LogP contribution in [0.1, 0.15) is 49.0 Å². The van der Waals surface area contributed by atoms with Gasteiger partial charge in [-0.3, -0.25) is 9.59 Å². The van der Waals surface area contributed by atoms with Crippen molar-refractivity contribution in [1.82, 2.24) is 5.32 Å². The molecular formula is C23H13Cl2F5N2O4S. The maximum Gasteiger partial charge on any atom is 0.416 e. The van der Waals surface area contributed by atoms with Crippen LogP contribution < -0.4 is 10.6 Å². The number of hydrogen-bond donors (Lipinski definition) is 2. The van der Waals surface area contributed by atoms with Crippen LogP contribution in [-0.4, -0.2) is 20.2 Å². The van der Waals surface area contributed by atoms with Crippen LogP contribution >= 0.6 is 22.3 Å². The average Bonchev–Trinajstić information content (AvgIpc) is 3.09. The van der Waals surface area contributed by atoms with E-state index in [9.17, 15) is 40.0 Å². The van der Waals surface area contributed by atoms with Crippen molar-refractivity contribution in [3.63, 3.8) is 0 Å². The van der Waals surface area contributed by atoms with Crippen molar-refractivity contribution in [1.29, 1.82) is 0 Å². The van der Waals surface area contributed by atoms with E-state index in [4.69, 9.17) is 22.3 Å². The van der Waals surface area contributed by atoms with Gasteiger partial charge in [0.05, 0.1) is 17.4 Å². The third-order valence-electron chi connectivity index (χ3n) is 5.39. The Morgan fingerprint density at radius 3 is 2.38 bits per heavy atom. The van der Waals surface area contributed by atoms with Gasteiger partial charge < -0.3 is 10.6 Å². The molecule has 1 atom stereocenters. The van der Waals surface area contributed by atoms with Crippen LogP contribution in [-0.2, 0) is 21.0 Å². The van der Waals surface area contributed by atoms with Crippen molar-refractivity contribution in [3.8, 4) is 0 Å². The molecule has 2 N–H and O–H groups in total. The molecule has 3 aromatic carbocycles. The summed E-state index contributed by atoms with van der Waals surface area (Å²) in [6.07, 6.45) is -4.94. The van der Waals surface area contributed by atoms with Crippen LogP contribution in [0.25, 0.3) is 0 Å². The summed E-state index contributed by atoms with van der Waals surface area (Å²) in [6, 6.07) is 5.76. The summed E-state index contributed by atoms with van der Waals surface area (Å²) >= 11 is 6.19. The predicted molar refractivity (Wildman–Crippen MR) is 125 cm³/mol. The highest BCUT2D eigenvalue weighted by molar-refractivity contribution is 8.13. The van der Waals surface area contributed by atoms with Crippen molar-refractivity contribution in [3.05, 3.63) is 98.6 Å². The monoisotopic (exact) mass is 578 g/mol. The Bertz CT molecular complexity index is 1560. The van der Waals surface area contributed by atoms with E-state index < -0.39 is 61.6 Å². The molecule has 0 fully saturated rings. The number of hydrogen-bond acceptors (Lipinski definition) is 4. The SMILES string of the molecule is O=C(Nc1cc(CS(=O)(=O)Cl)cc2c1C(c1cc(F)ccc1Cl)NC2=O)c1cc(F)cc(C(F)(F)F)c1. The lowest BCUT2D eigenvalue weighted by atomic mass is 9.94. The molecule has 0 spiro atoms. The molecule has 1 aliphatic rings. The molecular weight excluding hydrogens is 566 g/mol. The van der Waals surface area contributed by atoms with E-state index in [1.54, 1.807) is 0 Å². The Morgan fingerprint density at radius 1 is 1.03 bits per heavy atom. The van der Waals surface area contributed by atoms with E-state index in [-0.39, 0.29) is 39.0 Å². The molecule has 194 valence electrons. The molecule has 1 unspecified atom stereocenters. The standard InChI is InChI=1S/C23H13Cl2F5N2O4S/c24-17-2-1-13(26)8-15(17)20-19-16(22(34)32-20)3-10(9-37(25,35)36)4-18(19)31-21(33)11-5-12(23(28,29)30)7-14(27)6-11/h1-8,20H,9H2,(H,31,33)(H,32,34). The van der Waals surface area contributed by atoms with E-state index in [0.717, 1.165) is 18.2 Å². The second-order valence-electron chi connectivity index (χ2n) is 8.04. The van der Waals surface area contributed by atoms with Gasteiger partial charge >= 0.3 is 6.18 Å². The largest absolute Gasteiger partial charge is 0.416 e. The minimum absolute atomic E-state index is 0.0361. The first kappa shape index (κ1) is 26.8. The molecule has 1 heterocycles. The number of halogens is 7. The van der Waals surface area contributed by atoms with Crippen molar-refractivity contribution in [2.75, 3.05) is 5.32 Å². The summed E-state index contributed by atoms with van der Waals surface area (Å²) in [7, 11) is 1.19. The Kier molecular flexibility index (Phi) is 6.95. The van der Waals surface area contributed by atoms with Gasteiger partial charge in [0.25, 0.3) is 11.8 Å². The van der Waals surface area contributed by atoms with Crippen molar-refractivity contribution >= 4 is 48.8 Å². The first-order valence-electron chi connectivity index (χ1n) is 10.2. The highest BCUT2D eigenvalue weighted by Crippen LogP contribution is 2.40. The number of carbonyl (C=O) groups excluding carboxylic acids is 2. The topological polar surface area (TPSA) is 92.3 Å². The zero-order chi connectivity index (χ0) is 27.3. The first-order valence-corrected chi connectivity index (χ1v) is 13.0. The number of anilines is 1. The zero-order valence-electron chi connectivity index (χ0n) is 18.1. The van der Waals surface area contributed by atoms with E-state index in [1.165, 1.54) is 12.1 Å². The number of rotatable bonds is 5. The number of carbonyl (C=O) groups is 2. The first-order chi connectivity index (χ1) is 17.1. The molecule has 14 heteroatoms. The van der Waals surface area contributed by atoms with Crippen LogP contribution in [0.2, 0.25) is 5.02 Å². The smallest absolute Gasteiger partial charge is 0.341 e. The molecule has 2 amide bonds. The molecule has 37 heavy (non-hydrogen) atoms. The molecule has 0 aromatic heterocycles. The Labute approximate surface area is 215 Å². The number of nitrogens with one attached hydrogen (secondary N) is 2. The lowest BCUT2D eigenvalue weighted by Crippen LogP contribution is -2.21. The number of amides is 2. The quantitative estimate of drug-likeness (QED) is 0.296. The van der Waals surface area contributed by atoms with Gasteiger partial charge in [-0.25, -0.2) is 17.2 Å². The predicted octanol–water partition coefficient (Wildman–Crippen LogP) is 5.79. The maximum absolute atomic E-state index is 14.0. The third kappa shape index (κ3) is 5.86. The van der Waals surface area contributed by atoms with Crippen LogP contribution in [0, 0.1) is 11.6 Å². The second kappa shape index (κ2) is 9.58. The van der Waals surface area contributed by atoms with E-state index >= 15 is 0 Å². The minimum atomic E-state index is -4.94. The van der Waals surface area contributed by atoms with Crippen LogP contribution in [0.4, 0.5) is 27.6 Å². The summed E-state index contributed by atoms with van der Waals surface area (Å²) in [5.41, 5.74) is -2.35. The average molecular weight is 579 g/mol. The summed E-state index contributed by atoms with van der Waals surface area (Å²) in [5, 5.41) is 4.90. The van der Waals surface area contributed by atoms with Crippen molar-refractivity contribution in [2.24, 2.45) is 0 Å². The Balaban J connectivity index is 1.86. The fraction of sp³-hybridized carbons (Fsp3) is 0.130. The van der Waals surface area contributed by atoms with Crippen molar-refractivity contribution in [2.45, 2.75) is 18.0 Å². The van der Waals surface area contributed by atoms with Crippen LogP contribution in [0.5, 0.6) is 0 Å². The number of benzene rings is 3. The highest BCUT2D eigenvalue weighted by Gasteiger charge is 2.36. The number of fused-ring (bicyclic) bond motifs is 1. The fourth-order valence-electron chi connectivity index (χ4n) is 3.93. The summed E-state index contributed by atoms with van der Waals surface area (Å²) in [6.45, 7) is 0. The van der Waals surface area contributed by atoms with E-state index in [2.05, 4.69) is 10.6 Å². The lowest BCUT2D eigenvalue weighted by molar-refractivity contribution is -0.137. The molecule has 1 aliphatic heterocycles. The van der Waals surface area contributed by atoms with Crippen LogP contribution in [0.15, 0.2) is 48.5 Å². The number of alkyl halides is 3. The third-order valence-corrected chi connectivity index (χ3v) is 6.74. The van der Waals surface area contributed by atoms with Gasteiger partial charge in [0, 0.05) is 43.6 Å². The minimum Gasteiger partial charge on any atom is -0.341 e. The van der Waals surface area contributed by atoms with Gasteiger partial charge in [-0.15, -0.1) is 0 Å². The Morgan fingerprint density at radius 2 is 1.73 bits per heavy atom. The second-order valence-corrected chi connectivity index (χ2v) is 11.2. The van der Waals surface area contributed by atoms with Gasteiger partial charge in [-0.1, -0.05) is 11.6 Å². The maximum atomic E-state index is 14.0. The van der Waals surface area contributed by atoms with E-state index in [0.29, 0.717) is 12.1 Å². The van der Waals surface area contributed by atoms with Crippen LogP contribution in [0.3, 0.4) is 0 Å². The molecule has 0 saturated carbocycles. The molecule has 3 aromatic rings. The zero-order valence-corrected chi connectivity index (χ0v) is 20.4. The summed E-state index contributed by atoms with van der Waals surface area (Å²) in [4.78, 5) is 25.7. The molecule has 6 nitrogen and oxygen atoms in total. The molecule has 0 radical (unpaired) electrons. The summed E-state index contributed by atoms with van der Waals surface area (Å²) in [5.74, 6) is -4.71. The van der Waals surface area contributed by atoms with Gasteiger partial charge in [0.1, 0.15) is 11.6 Å². The van der Waals surface area contributed by atoms with Crippen molar-refractivity contribution < 1.29 is 40.0 Å². The fourth-order valence-corrected chi connectivity index (χ4v) is 5.10. The molecule has 0 saturated heterocycles. The highest BCUT2D eigenvalue weighted by atomic mass is 35.7. The van der Waals surface area contributed by atoms with Gasteiger partial charge in [0.2, 0.25) is 9.05 Å². The molecule has 0 bridgehead atoms. The summed E-state index contributed by atoms with van der Waals surface area (Å²) < 4.78 is 90.5. The van der Waals surface area contributed by atoms with Gasteiger partial charge in [0.15, 0.2) is 0 Å². The molecule has 0 aliphatic carbocycles. The lowest BCUT2D eigenvalue weighted by Gasteiger charge is -2.19. The molecule has 4 rings (SSSR count).